The molecule has 0 spiro atoms. The van der Waals surface area contributed by atoms with Crippen molar-refractivity contribution in [3.05, 3.63) is 11.7 Å². The Labute approximate surface area is 81.3 Å². The molecule has 0 aromatic carbocycles. The van der Waals surface area contributed by atoms with Gasteiger partial charge in [0.2, 0.25) is 5.89 Å². The zero-order chi connectivity index (χ0) is 9.97. The number of hydrogen-bond donors (Lipinski definition) is 2. The molecule has 0 amide bonds. The lowest BCUT2D eigenvalue weighted by atomic mass is 10.2. The third kappa shape index (κ3) is 1.92. The number of rotatable bonds is 3. The highest BCUT2D eigenvalue weighted by atomic mass is 16.5. The number of β-amino-alcohol motifs (C(OH)–C–C–N with tert-alkyl or cyclic N) is 1. The average Bonchev–Trinajstić information content (AvgIpc) is 2.74. The van der Waals surface area contributed by atoms with Crippen LogP contribution >= 0.6 is 0 Å². The van der Waals surface area contributed by atoms with Crippen molar-refractivity contribution in [3.63, 3.8) is 0 Å². The van der Waals surface area contributed by atoms with E-state index in [1.54, 1.807) is 7.11 Å². The van der Waals surface area contributed by atoms with E-state index in [-0.39, 0.29) is 12.1 Å². The lowest BCUT2D eigenvalue weighted by Gasteiger charge is -2.01. The van der Waals surface area contributed by atoms with Gasteiger partial charge in [-0.2, -0.15) is 4.98 Å². The van der Waals surface area contributed by atoms with Crippen LogP contribution in [0, 0.1) is 0 Å². The molecule has 2 heterocycles. The first-order chi connectivity index (χ1) is 6.79. The Kier molecular flexibility index (Phi) is 2.76. The Bertz CT molecular complexity index is 302. The highest BCUT2D eigenvalue weighted by molar-refractivity contribution is 4.96. The van der Waals surface area contributed by atoms with E-state index in [9.17, 15) is 5.11 Å². The SMILES string of the molecule is COCc1noc([C@@H]2C[C@H](O)CN2)n1. The number of aliphatic hydroxyl groups is 1. The van der Waals surface area contributed by atoms with Crippen LogP contribution in [0.2, 0.25) is 0 Å². The summed E-state index contributed by atoms with van der Waals surface area (Å²) in [4.78, 5) is 4.14. The van der Waals surface area contributed by atoms with Crippen molar-refractivity contribution in [2.45, 2.75) is 25.2 Å². The average molecular weight is 199 g/mol. The third-order valence-corrected chi connectivity index (χ3v) is 2.16. The summed E-state index contributed by atoms with van der Waals surface area (Å²) < 4.78 is 9.90. The Morgan fingerprint density at radius 2 is 2.57 bits per heavy atom. The zero-order valence-electron chi connectivity index (χ0n) is 7.93. The summed E-state index contributed by atoms with van der Waals surface area (Å²) in [5.74, 6) is 1.05. The molecular formula is C8H13N3O3. The Morgan fingerprint density at radius 3 is 3.21 bits per heavy atom. The van der Waals surface area contributed by atoms with E-state index < -0.39 is 0 Å². The molecule has 2 N–H and O–H groups in total. The summed E-state index contributed by atoms with van der Waals surface area (Å²) in [6.45, 7) is 0.922. The molecule has 1 saturated heterocycles. The van der Waals surface area contributed by atoms with E-state index in [1.807, 2.05) is 0 Å². The van der Waals surface area contributed by atoms with Crippen molar-refractivity contribution in [2.75, 3.05) is 13.7 Å². The quantitative estimate of drug-likeness (QED) is 0.690. The first-order valence-corrected chi connectivity index (χ1v) is 4.52. The lowest BCUT2D eigenvalue weighted by molar-refractivity contribution is 0.174. The summed E-state index contributed by atoms with van der Waals surface area (Å²) in [5, 5.41) is 16.1. The Balaban J connectivity index is 2.02. The van der Waals surface area contributed by atoms with Gasteiger partial charge in [-0.3, -0.25) is 0 Å². The number of nitrogens with zero attached hydrogens (tertiary/aromatic N) is 2. The van der Waals surface area contributed by atoms with Crippen molar-refractivity contribution in [2.24, 2.45) is 0 Å². The second-order valence-electron chi connectivity index (χ2n) is 3.33. The van der Waals surface area contributed by atoms with E-state index in [4.69, 9.17) is 9.26 Å². The zero-order valence-corrected chi connectivity index (χ0v) is 7.93. The molecule has 14 heavy (non-hydrogen) atoms. The van der Waals surface area contributed by atoms with E-state index in [0.717, 1.165) is 0 Å². The molecule has 1 aliphatic heterocycles. The maximum absolute atomic E-state index is 9.29. The molecule has 0 bridgehead atoms. The molecule has 6 heteroatoms. The molecule has 1 aromatic heterocycles. The minimum atomic E-state index is -0.322. The van der Waals surface area contributed by atoms with Gasteiger partial charge >= 0.3 is 0 Å². The molecule has 1 aliphatic rings. The smallest absolute Gasteiger partial charge is 0.243 e. The van der Waals surface area contributed by atoms with E-state index in [1.165, 1.54) is 0 Å². The summed E-state index contributed by atoms with van der Waals surface area (Å²) in [6.07, 6.45) is 0.298. The standard InChI is InChI=1S/C8H13N3O3/c1-13-4-7-10-8(14-11-7)6-2-5(12)3-9-6/h5-6,9,12H,2-4H2,1H3/t5-,6-/m0/s1. The fourth-order valence-corrected chi connectivity index (χ4v) is 1.50. The molecule has 6 nitrogen and oxygen atoms in total. The molecule has 2 atom stereocenters. The predicted octanol–water partition coefficient (Wildman–Crippen LogP) is -0.389. The van der Waals surface area contributed by atoms with Gasteiger partial charge in [-0.25, -0.2) is 0 Å². The number of aliphatic hydroxyl groups excluding tert-OH is 1. The minimum Gasteiger partial charge on any atom is -0.392 e. The van der Waals surface area contributed by atoms with Crippen LogP contribution in [-0.4, -0.2) is 35.0 Å². The molecular weight excluding hydrogens is 186 g/mol. The highest BCUT2D eigenvalue weighted by Crippen LogP contribution is 2.21. The van der Waals surface area contributed by atoms with Crippen molar-refractivity contribution >= 4 is 0 Å². The van der Waals surface area contributed by atoms with Gasteiger partial charge in [0.1, 0.15) is 6.61 Å². The molecule has 1 aromatic rings. The van der Waals surface area contributed by atoms with Crippen LogP contribution in [0.1, 0.15) is 24.2 Å². The molecule has 0 aliphatic carbocycles. The first-order valence-electron chi connectivity index (χ1n) is 4.52. The lowest BCUT2D eigenvalue weighted by Crippen LogP contribution is -2.15. The molecule has 1 fully saturated rings. The monoisotopic (exact) mass is 199 g/mol. The number of aromatic nitrogens is 2. The van der Waals surface area contributed by atoms with Crippen molar-refractivity contribution in [1.82, 2.24) is 15.5 Å². The fraction of sp³-hybridized carbons (Fsp3) is 0.750. The van der Waals surface area contributed by atoms with Crippen LogP contribution < -0.4 is 5.32 Å². The second-order valence-corrected chi connectivity index (χ2v) is 3.33. The number of ether oxygens (including phenoxy) is 1. The van der Waals surface area contributed by atoms with Gasteiger partial charge in [-0.15, -0.1) is 0 Å². The van der Waals surface area contributed by atoms with Gasteiger partial charge in [0.25, 0.3) is 0 Å². The molecule has 0 unspecified atom stereocenters. The topological polar surface area (TPSA) is 80.4 Å². The normalized spacial score (nSPS) is 27.0. The maximum atomic E-state index is 9.29. The van der Waals surface area contributed by atoms with Crippen LogP contribution in [0.15, 0.2) is 4.52 Å². The van der Waals surface area contributed by atoms with Gasteiger partial charge in [0.15, 0.2) is 5.82 Å². The van der Waals surface area contributed by atoms with Crippen molar-refractivity contribution < 1.29 is 14.4 Å². The van der Waals surface area contributed by atoms with E-state index in [0.29, 0.717) is 31.3 Å². The minimum absolute atomic E-state index is 0.0249. The van der Waals surface area contributed by atoms with Gasteiger partial charge in [0, 0.05) is 13.7 Å². The van der Waals surface area contributed by atoms with Crippen LogP contribution in [0.25, 0.3) is 0 Å². The summed E-state index contributed by atoms with van der Waals surface area (Å²) in [6, 6.07) is -0.0249. The number of hydrogen-bond acceptors (Lipinski definition) is 6. The van der Waals surface area contributed by atoms with Gasteiger partial charge < -0.3 is 19.7 Å². The summed E-state index contributed by atoms with van der Waals surface area (Å²) in [7, 11) is 1.58. The number of methoxy groups -OCH3 is 1. The molecule has 0 radical (unpaired) electrons. The van der Waals surface area contributed by atoms with E-state index in [2.05, 4.69) is 15.5 Å². The largest absolute Gasteiger partial charge is 0.392 e. The first kappa shape index (κ1) is 9.57. The van der Waals surface area contributed by atoms with E-state index >= 15 is 0 Å². The second kappa shape index (κ2) is 4.04. The van der Waals surface area contributed by atoms with Gasteiger partial charge in [0.05, 0.1) is 12.1 Å². The van der Waals surface area contributed by atoms with Crippen molar-refractivity contribution in [3.8, 4) is 0 Å². The van der Waals surface area contributed by atoms with Gasteiger partial charge in [-0.1, -0.05) is 5.16 Å². The Hall–Kier alpha value is -0.980. The van der Waals surface area contributed by atoms with Crippen LogP contribution in [0.5, 0.6) is 0 Å². The van der Waals surface area contributed by atoms with Crippen molar-refractivity contribution in [1.29, 1.82) is 0 Å². The molecule has 78 valence electrons. The third-order valence-electron chi connectivity index (χ3n) is 2.16. The maximum Gasteiger partial charge on any atom is 0.243 e. The summed E-state index contributed by atoms with van der Waals surface area (Å²) >= 11 is 0. The Morgan fingerprint density at radius 1 is 1.71 bits per heavy atom. The predicted molar refractivity (Wildman–Crippen MR) is 46.4 cm³/mol. The molecule has 0 saturated carbocycles. The van der Waals surface area contributed by atoms with Crippen LogP contribution in [0.4, 0.5) is 0 Å². The van der Waals surface area contributed by atoms with Crippen LogP contribution in [0.3, 0.4) is 0 Å². The molecule has 2 rings (SSSR count). The highest BCUT2D eigenvalue weighted by Gasteiger charge is 2.27. The number of nitrogens with one attached hydrogen (secondary N) is 1. The fourth-order valence-electron chi connectivity index (χ4n) is 1.50. The van der Waals surface area contributed by atoms with Gasteiger partial charge in [-0.05, 0) is 6.42 Å². The summed E-state index contributed by atoms with van der Waals surface area (Å²) in [5.41, 5.74) is 0. The van der Waals surface area contributed by atoms with Crippen LogP contribution in [-0.2, 0) is 11.3 Å².